The maximum Gasteiger partial charge on any atom is 0.0686 e. The van der Waals surface area contributed by atoms with Crippen molar-refractivity contribution in [2.24, 2.45) is 5.92 Å². The van der Waals surface area contributed by atoms with Gasteiger partial charge in [0.15, 0.2) is 0 Å². The summed E-state index contributed by atoms with van der Waals surface area (Å²) in [6, 6.07) is 2.68. The van der Waals surface area contributed by atoms with Crippen LogP contribution in [-0.2, 0) is 0 Å². The lowest BCUT2D eigenvalue weighted by Gasteiger charge is -2.22. The lowest BCUT2D eigenvalue weighted by atomic mass is 10.0. The van der Waals surface area contributed by atoms with Crippen molar-refractivity contribution in [3.05, 3.63) is 18.5 Å². The first kappa shape index (κ1) is 6.66. The van der Waals surface area contributed by atoms with Crippen LogP contribution >= 0.6 is 0 Å². The highest BCUT2D eigenvalue weighted by atomic mass is 15.3. The van der Waals surface area contributed by atoms with E-state index in [1.165, 1.54) is 26.1 Å². The van der Waals surface area contributed by atoms with E-state index in [-0.39, 0.29) is 0 Å². The van der Waals surface area contributed by atoms with Gasteiger partial charge in [-0.15, -0.1) is 0 Å². The largest absolute Gasteiger partial charge is 0.301 e. The lowest BCUT2D eigenvalue weighted by molar-refractivity contribution is 0.285. The van der Waals surface area contributed by atoms with Crippen LogP contribution in [0.2, 0.25) is 0 Å². The molecule has 12 heavy (non-hydrogen) atoms. The maximum atomic E-state index is 4.31. The quantitative estimate of drug-likeness (QED) is 0.609. The van der Waals surface area contributed by atoms with E-state index in [9.17, 15) is 0 Å². The van der Waals surface area contributed by atoms with E-state index in [0.29, 0.717) is 6.04 Å². The Hall–Kier alpha value is -0.830. The van der Waals surface area contributed by atoms with E-state index in [1.807, 2.05) is 12.3 Å². The molecule has 0 spiro atoms. The van der Waals surface area contributed by atoms with Crippen molar-refractivity contribution in [1.29, 1.82) is 0 Å². The SMILES string of the molecule is c1cnn(C2CN3CC[C@H]2C3)c1. The summed E-state index contributed by atoms with van der Waals surface area (Å²) >= 11 is 0. The third kappa shape index (κ3) is 0.829. The molecule has 2 unspecified atom stereocenters. The zero-order valence-electron chi connectivity index (χ0n) is 7.06. The molecule has 2 saturated heterocycles. The minimum Gasteiger partial charge on any atom is -0.301 e. The molecule has 0 N–H and O–H groups in total. The topological polar surface area (TPSA) is 21.1 Å². The van der Waals surface area contributed by atoms with Gasteiger partial charge in [-0.1, -0.05) is 0 Å². The Morgan fingerprint density at radius 2 is 2.33 bits per heavy atom. The van der Waals surface area contributed by atoms with Crippen LogP contribution < -0.4 is 0 Å². The molecule has 1 aromatic rings. The molecule has 1 aromatic heterocycles. The normalized spacial score (nSPS) is 39.2. The summed E-state index contributed by atoms with van der Waals surface area (Å²) < 4.78 is 2.13. The molecule has 0 aromatic carbocycles. The Morgan fingerprint density at radius 3 is 2.92 bits per heavy atom. The molecule has 3 rings (SSSR count). The van der Waals surface area contributed by atoms with Crippen molar-refractivity contribution in [1.82, 2.24) is 14.7 Å². The van der Waals surface area contributed by atoms with Crippen LogP contribution in [-0.4, -0.2) is 34.3 Å². The Bertz CT molecular complexity index is 267. The van der Waals surface area contributed by atoms with Gasteiger partial charge >= 0.3 is 0 Å². The average Bonchev–Trinajstić information content (AvgIpc) is 2.81. The second-order valence-electron chi connectivity index (χ2n) is 3.86. The first-order chi connectivity index (χ1) is 5.93. The fourth-order valence-corrected chi connectivity index (χ4v) is 2.53. The van der Waals surface area contributed by atoms with Crippen LogP contribution in [0.4, 0.5) is 0 Å². The Balaban J connectivity index is 1.87. The summed E-state index contributed by atoms with van der Waals surface area (Å²) in [6.07, 6.45) is 5.33. The van der Waals surface area contributed by atoms with E-state index in [1.54, 1.807) is 0 Å². The third-order valence-corrected chi connectivity index (χ3v) is 3.16. The zero-order chi connectivity index (χ0) is 7.97. The van der Waals surface area contributed by atoms with Gasteiger partial charge in [-0.2, -0.15) is 5.10 Å². The summed E-state index contributed by atoms with van der Waals surface area (Å²) in [5, 5.41) is 4.31. The molecule has 0 saturated carbocycles. The fourth-order valence-electron chi connectivity index (χ4n) is 2.53. The van der Waals surface area contributed by atoms with Crippen molar-refractivity contribution in [3.8, 4) is 0 Å². The first-order valence-electron chi connectivity index (χ1n) is 4.65. The summed E-state index contributed by atoms with van der Waals surface area (Å²) in [5.41, 5.74) is 0. The van der Waals surface area contributed by atoms with E-state index in [2.05, 4.69) is 20.9 Å². The van der Waals surface area contributed by atoms with Crippen LogP contribution in [0.15, 0.2) is 18.5 Å². The van der Waals surface area contributed by atoms with Crippen LogP contribution in [0.1, 0.15) is 12.5 Å². The average molecular weight is 163 g/mol. The van der Waals surface area contributed by atoms with Gasteiger partial charge in [0, 0.05) is 25.5 Å². The van der Waals surface area contributed by atoms with Gasteiger partial charge in [0.2, 0.25) is 0 Å². The van der Waals surface area contributed by atoms with Gasteiger partial charge in [0.25, 0.3) is 0 Å². The summed E-state index contributed by atoms with van der Waals surface area (Å²) in [5.74, 6) is 0.866. The van der Waals surface area contributed by atoms with Gasteiger partial charge in [-0.25, -0.2) is 0 Å². The minimum absolute atomic E-state index is 0.661. The van der Waals surface area contributed by atoms with Gasteiger partial charge in [-0.05, 0) is 24.9 Å². The molecule has 3 heterocycles. The molecule has 0 aliphatic carbocycles. The molecule has 3 heteroatoms. The molecular formula is C9H13N3. The van der Waals surface area contributed by atoms with E-state index in [4.69, 9.17) is 0 Å². The number of hydrogen-bond donors (Lipinski definition) is 0. The van der Waals surface area contributed by atoms with Gasteiger partial charge in [0.05, 0.1) is 6.04 Å². The number of aromatic nitrogens is 2. The predicted molar refractivity (Wildman–Crippen MR) is 45.8 cm³/mol. The second-order valence-corrected chi connectivity index (χ2v) is 3.86. The number of piperidine rings is 1. The molecule has 2 bridgehead atoms. The minimum atomic E-state index is 0.661. The number of fused-ring (bicyclic) bond motifs is 2. The fraction of sp³-hybridized carbons (Fsp3) is 0.667. The molecule has 64 valence electrons. The summed E-state index contributed by atoms with van der Waals surface area (Å²) in [7, 11) is 0. The molecule has 0 radical (unpaired) electrons. The van der Waals surface area contributed by atoms with E-state index in [0.717, 1.165) is 5.92 Å². The highest BCUT2D eigenvalue weighted by molar-refractivity contribution is 4.95. The van der Waals surface area contributed by atoms with E-state index >= 15 is 0 Å². The van der Waals surface area contributed by atoms with Crippen LogP contribution in [0.3, 0.4) is 0 Å². The number of nitrogens with zero attached hydrogens (tertiary/aromatic N) is 3. The van der Waals surface area contributed by atoms with Crippen LogP contribution in [0.5, 0.6) is 0 Å². The monoisotopic (exact) mass is 163 g/mol. The molecule has 0 amide bonds. The summed E-state index contributed by atoms with van der Waals surface area (Å²) in [4.78, 5) is 2.54. The Morgan fingerprint density at radius 1 is 1.33 bits per heavy atom. The molecular weight excluding hydrogens is 150 g/mol. The van der Waals surface area contributed by atoms with Crippen molar-refractivity contribution in [2.45, 2.75) is 12.5 Å². The third-order valence-electron chi connectivity index (χ3n) is 3.16. The Labute approximate surface area is 72.0 Å². The zero-order valence-corrected chi connectivity index (χ0v) is 7.06. The van der Waals surface area contributed by atoms with Gasteiger partial charge in [0.1, 0.15) is 0 Å². The predicted octanol–water partition coefficient (Wildman–Crippen LogP) is 0.760. The van der Waals surface area contributed by atoms with Crippen LogP contribution in [0, 0.1) is 5.92 Å². The van der Waals surface area contributed by atoms with Crippen molar-refractivity contribution in [3.63, 3.8) is 0 Å². The molecule has 2 aliphatic heterocycles. The van der Waals surface area contributed by atoms with Crippen LogP contribution in [0.25, 0.3) is 0 Å². The smallest absolute Gasteiger partial charge is 0.0686 e. The molecule has 3 atom stereocenters. The number of rotatable bonds is 1. The van der Waals surface area contributed by atoms with Gasteiger partial charge in [-0.3, -0.25) is 4.68 Å². The standard InChI is InChI=1S/C9H13N3/c1-3-10-12(4-1)9-7-11-5-2-8(9)6-11/h1,3-4,8-9H,2,5-7H2/t8-,9?/m0/s1. The Kier molecular flexibility index (Phi) is 1.29. The van der Waals surface area contributed by atoms with Crippen molar-refractivity contribution in [2.75, 3.05) is 19.6 Å². The molecule has 2 aliphatic rings. The van der Waals surface area contributed by atoms with E-state index < -0.39 is 0 Å². The van der Waals surface area contributed by atoms with Gasteiger partial charge < -0.3 is 4.90 Å². The highest BCUT2D eigenvalue weighted by Gasteiger charge is 2.38. The summed E-state index contributed by atoms with van der Waals surface area (Å²) in [6.45, 7) is 3.82. The molecule has 3 nitrogen and oxygen atoms in total. The van der Waals surface area contributed by atoms with Crippen molar-refractivity contribution >= 4 is 0 Å². The highest BCUT2D eigenvalue weighted by Crippen LogP contribution is 2.35. The second kappa shape index (κ2) is 2.33. The first-order valence-corrected chi connectivity index (χ1v) is 4.65. The van der Waals surface area contributed by atoms with Crippen molar-refractivity contribution < 1.29 is 0 Å². The maximum absolute atomic E-state index is 4.31. The molecule has 2 fully saturated rings. The lowest BCUT2D eigenvalue weighted by Crippen LogP contribution is -2.26. The number of hydrogen-bond acceptors (Lipinski definition) is 2.